The summed E-state index contributed by atoms with van der Waals surface area (Å²) in [6, 6.07) is 8.31. The summed E-state index contributed by atoms with van der Waals surface area (Å²) in [6.45, 7) is 4.45. The first-order valence-corrected chi connectivity index (χ1v) is 9.13. The van der Waals surface area contributed by atoms with Crippen molar-refractivity contribution in [3.63, 3.8) is 0 Å². The Bertz CT molecular complexity index is 910. The van der Waals surface area contributed by atoms with Crippen LogP contribution < -0.4 is 5.32 Å². The Morgan fingerprint density at radius 3 is 2.73 bits per heavy atom. The van der Waals surface area contributed by atoms with Crippen LogP contribution in [0.5, 0.6) is 0 Å². The second-order valence-corrected chi connectivity index (χ2v) is 6.74. The van der Waals surface area contributed by atoms with E-state index in [1.807, 2.05) is 15.5 Å². The van der Waals surface area contributed by atoms with Crippen LogP contribution in [0.4, 0.5) is 5.82 Å². The standard InChI is InChI=1S/C20H23N5O/c1-15-4-6-16(7-5-15)19-20(25-13-10-21-14-17(25)23-19)22-9-8-18(26)24-11-2-3-12-24/h4-7,10,13-14,22H,2-3,8-9,11-12H2,1H3. The topological polar surface area (TPSA) is 62.5 Å². The number of aromatic nitrogens is 3. The van der Waals surface area contributed by atoms with Gasteiger partial charge in [-0.05, 0) is 19.8 Å². The predicted octanol–water partition coefficient (Wildman–Crippen LogP) is 3.13. The molecule has 0 saturated carbocycles. The molecule has 0 atom stereocenters. The van der Waals surface area contributed by atoms with Gasteiger partial charge in [-0.1, -0.05) is 29.8 Å². The Labute approximate surface area is 152 Å². The molecule has 2 aromatic heterocycles. The molecule has 1 N–H and O–H groups in total. The van der Waals surface area contributed by atoms with Gasteiger partial charge in [-0.3, -0.25) is 14.2 Å². The molecule has 0 spiro atoms. The van der Waals surface area contributed by atoms with Crippen molar-refractivity contribution < 1.29 is 4.79 Å². The molecule has 1 fully saturated rings. The molecular formula is C20H23N5O. The number of aryl methyl sites for hydroxylation is 1. The summed E-state index contributed by atoms with van der Waals surface area (Å²) >= 11 is 0. The SMILES string of the molecule is Cc1ccc(-c2nc3cnccn3c2NCCC(=O)N2CCCC2)cc1. The van der Waals surface area contributed by atoms with Crippen molar-refractivity contribution in [3.05, 3.63) is 48.4 Å². The number of carbonyl (C=O) groups excluding carboxylic acids is 1. The van der Waals surface area contributed by atoms with E-state index in [2.05, 4.69) is 41.5 Å². The van der Waals surface area contributed by atoms with Gasteiger partial charge in [-0.15, -0.1) is 0 Å². The van der Waals surface area contributed by atoms with Gasteiger partial charge in [0.05, 0.1) is 6.20 Å². The van der Waals surface area contributed by atoms with Crippen LogP contribution in [0.2, 0.25) is 0 Å². The molecule has 134 valence electrons. The monoisotopic (exact) mass is 349 g/mol. The smallest absolute Gasteiger partial charge is 0.224 e. The Balaban J connectivity index is 1.57. The molecule has 0 aliphatic carbocycles. The highest BCUT2D eigenvalue weighted by molar-refractivity contribution is 5.79. The Morgan fingerprint density at radius 2 is 1.96 bits per heavy atom. The Morgan fingerprint density at radius 1 is 1.19 bits per heavy atom. The van der Waals surface area contributed by atoms with Gasteiger partial charge in [0.25, 0.3) is 0 Å². The first-order chi connectivity index (χ1) is 12.7. The molecule has 1 aliphatic heterocycles. The van der Waals surface area contributed by atoms with Gasteiger partial charge in [-0.25, -0.2) is 4.98 Å². The molecular weight excluding hydrogens is 326 g/mol. The minimum absolute atomic E-state index is 0.224. The van der Waals surface area contributed by atoms with Gasteiger partial charge in [0.15, 0.2) is 5.65 Å². The van der Waals surface area contributed by atoms with Gasteiger partial charge in [0.1, 0.15) is 11.5 Å². The maximum absolute atomic E-state index is 12.3. The summed E-state index contributed by atoms with van der Waals surface area (Å²) in [7, 11) is 0. The molecule has 1 aliphatic rings. The molecule has 6 nitrogen and oxygen atoms in total. The third kappa shape index (κ3) is 3.27. The number of rotatable bonds is 5. The second kappa shape index (κ2) is 7.15. The van der Waals surface area contributed by atoms with E-state index in [-0.39, 0.29) is 5.91 Å². The molecule has 6 heteroatoms. The molecule has 26 heavy (non-hydrogen) atoms. The number of hydrogen-bond donors (Lipinski definition) is 1. The number of benzene rings is 1. The highest BCUT2D eigenvalue weighted by atomic mass is 16.2. The van der Waals surface area contributed by atoms with E-state index >= 15 is 0 Å². The molecule has 1 aromatic carbocycles. The highest BCUT2D eigenvalue weighted by Crippen LogP contribution is 2.28. The van der Waals surface area contributed by atoms with Crippen molar-refractivity contribution in [1.29, 1.82) is 0 Å². The van der Waals surface area contributed by atoms with E-state index in [9.17, 15) is 4.79 Å². The fourth-order valence-corrected chi connectivity index (χ4v) is 3.40. The zero-order valence-electron chi connectivity index (χ0n) is 15.0. The minimum atomic E-state index is 0.224. The van der Waals surface area contributed by atoms with Crippen LogP contribution >= 0.6 is 0 Å². The van der Waals surface area contributed by atoms with Crippen molar-refractivity contribution in [2.24, 2.45) is 0 Å². The van der Waals surface area contributed by atoms with E-state index in [0.29, 0.717) is 13.0 Å². The third-order valence-corrected chi connectivity index (χ3v) is 4.85. The van der Waals surface area contributed by atoms with Crippen molar-refractivity contribution in [3.8, 4) is 11.3 Å². The quantitative estimate of drug-likeness (QED) is 0.769. The molecule has 0 bridgehead atoms. The number of hydrogen-bond acceptors (Lipinski definition) is 4. The van der Waals surface area contributed by atoms with Crippen LogP contribution in [0.3, 0.4) is 0 Å². The lowest BCUT2D eigenvalue weighted by Crippen LogP contribution is -2.29. The number of amides is 1. The summed E-state index contributed by atoms with van der Waals surface area (Å²) in [5, 5.41) is 3.43. The predicted molar refractivity (Wildman–Crippen MR) is 102 cm³/mol. The van der Waals surface area contributed by atoms with E-state index in [1.54, 1.807) is 12.4 Å². The summed E-state index contributed by atoms with van der Waals surface area (Å²) in [5.41, 5.74) is 3.93. The van der Waals surface area contributed by atoms with Crippen LogP contribution in [0.25, 0.3) is 16.9 Å². The molecule has 0 unspecified atom stereocenters. The van der Waals surface area contributed by atoms with E-state index in [0.717, 1.165) is 48.7 Å². The molecule has 3 heterocycles. The maximum atomic E-state index is 12.3. The number of carbonyl (C=O) groups is 1. The van der Waals surface area contributed by atoms with Crippen molar-refractivity contribution in [1.82, 2.24) is 19.3 Å². The first-order valence-electron chi connectivity index (χ1n) is 9.13. The zero-order chi connectivity index (χ0) is 17.9. The van der Waals surface area contributed by atoms with Gasteiger partial charge in [-0.2, -0.15) is 0 Å². The average molecular weight is 349 g/mol. The molecule has 4 rings (SSSR count). The van der Waals surface area contributed by atoms with Crippen LogP contribution in [0.15, 0.2) is 42.9 Å². The summed E-state index contributed by atoms with van der Waals surface area (Å²) in [6.07, 6.45) is 8.12. The number of imidazole rings is 1. The lowest BCUT2D eigenvalue weighted by Gasteiger charge is -2.15. The van der Waals surface area contributed by atoms with Gasteiger partial charge in [0.2, 0.25) is 5.91 Å². The van der Waals surface area contributed by atoms with Crippen molar-refractivity contribution >= 4 is 17.4 Å². The van der Waals surface area contributed by atoms with Crippen molar-refractivity contribution in [2.45, 2.75) is 26.2 Å². The van der Waals surface area contributed by atoms with Crippen LogP contribution in [0, 0.1) is 6.92 Å². The van der Waals surface area contributed by atoms with E-state index in [4.69, 9.17) is 4.98 Å². The number of nitrogens with one attached hydrogen (secondary N) is 1. The molecule has 0 radical (unpaired) electrons. The van der Waals surface area contributed by atoms with E-state index < -0.39 is 0 Å². The Hall–Kier alpha value is -2.89. The number of fused-ring (bicyclic) bond motifs is 1. The molecule has 1 amide bonds. The number of likely N-dealkylation sites (tertiary alicyclic amines) is 1. The van der Waals surface area contributed by atoms with E-state index in [1.165, 1.54) is 5.56 Å². The second-order valence-electron chi connectivity index (χ2n) is 6.74. The van der Waals surface area contributed by atoms with Gasteiger partial charge < -0.3 is 10.2 Å². The summed E-state index contributed by atoms with van der Waals surface area (Å²) in [4.78, 5) is 23.1. The van der Waals surface area contributed by atoms with Gasteiger partial charge in [0, 0.05) is 44.0 Å². The average Bonchev–Trinajstić information content (AvgIpc) is 3.31. The molecule has 3 aromatic rings. The van der Waals surface area contributed by atoms with Crippen LogP contribution in [-0.4, -0.2) is 44.8 Å². The number of anilines is 1. The maximum Gasteiger partial charge on any atom is 0.224 e. The van der Waals surface area contributed by atoms with Gasteiger partial charge >= 0.3 is 0 Å². The summed E-state index contributed by atoms with van der Waals surface area (Å²) in [5.74, 6) is 1.13. The third-order valence-electron chi connectivity index (χ3n) is 4.85. The van der Waals surface area contributed by atoms with Crippen LogP contribution in [0.1, 0.15) is 24.8 Å². The highest BCUT2D eigenvalue weighted by Gasteiger charge is 2.18. The summed E-state index contributed by atoms with van der Waals surface area (Å²) < 4.78 is 1.99. The fraction of sp³-hybridized carbons (Fsp3) is 0.350. The van der Waals surface area contributed by atoms with Crippen LogP contribution in [-0.2, 0) is 4.79 Å². The largest absolute Gasteiger partial charge is 0.369 e. The lowest BCUT2D eigenvalue weighted by atomic mass is 10.1. The normalized spacial score (nSPS) is 14.1. The lowest BCUT2D eigenvalue weighted by molar-refractivity contribution is -0.129. The minimum Gasteiger partial charge on any atom is -0.369 e. The number of nitrogens with zero attached hydrogens (tertiary/aromatic N) is 4. The Kier molecular flexibility index (Phi) is 4.56. The molecule has 1 saturated heterocycles. The first kappa shape index (κ1) is 16.6. The zero-order valence-corrected chi connectivity index (χ0v) is 15.0. The fourth-order valence-electron chi connectivity index (χ4n) is 3.40. The van der Waals surface area contributed by atoms with Crippen molar-refractivity contribution in [2.75, 3.05) is 25.0 Å².